The molecule has 0 bridgehead atoms. The van der Waals surface area contributed by atoms with Crippen LogP contribution in [0.4, 0.5) is 0 Å². The molecule has 25 heavy (non-hydrogen) atoms. The molecule has 1 aliphatic rings. The van der Waals surface area contributed by atoms with Gasteiger partial charge in [0.2, 0.25) is 0 Å². The van der Waals surface area contributed by atoms with Crippen molar-refractivity contribution in [1.82, 2.24) is 0 Å². The molecule has 0 unspecified atom stereocenters. The second-order valence-electron chi connectivity index (χ2n) is 6.58. The van der Waals surface area contributed by atoms with E-state index in [1.807, 2.05) is 0 Å². The van der Waals surface area contributed by atoms with E-state index >= 15 is 0 Å². The van der Waals surface area contributed by atoms with E-state index in [2.05, 4.69) is 14.0 Å². The van der Waals surface area contributed by atoms with Gasteiger partial charge in [-0.2, -0.15) is 0 Å². The van der Waals surface area contributed by atoms with E-state index < -0.39 is 0 Å². The van der Waals surface area contributed by atoms with Crippen LogP contribution < -0.4 is 9.47 Å². The number of likely N-dealkylation sites (N-methyl/N-ethyl adjacent to an activating group) is 1. The van der Waals surface area contributed by atoms with Crippen LogP contribution in [0.15, 0.2) is 18.2 Å². The smallest absolute Gasteiger partial charge is 0.342 e. The molecule has 1 aromatic rings. The number of quaternary nitrogens is 1. The van der Waals surface area contributed by atoms with Crippen LogP contribution in [0.3, 0.4) is 0 Å². The third kappa shape index (κ3) is 5.61. The fraction of sp³-hybridized carbons (Fsp3) is 0.632. The van der Waals surface area contributed by atoms with Gasteiger partial charge in [-0.3, -0.25) is 0 Å². The SMILES string of the molecule is CCCCOc1c(OC)cccc1C(=O)OCC[N+]1(C)CCOCC1. The number of para-hydroxylation sites is 1. The number of benzene rings is 1. The second-order valence-corrected chi connectivity index (χ2v) is 6.58. The monoisotopic (exact) mass is 352 g/mol. The highest BCUT2D eigenvalue weighted by Gasteiger charge is 2.26. The number of methoxy groups -OCH3 is 1. The number of nitrogens with zero attached hydrogens (tertiary/aromatic N) is 1. The van der Waals surface area contributed by atoms with Gasteiger partial charge in [-0.1, -0.05) is 19.4 Å². The molecule has 140 valence electrons. The van der Waals surface area contributed by atoms with Crippen molar-refractivity contribution in [2.75, 3.05) is 60.2 Å². The lowest BCUT2D eigenvalue weighted by Gasteiger charge is -2.37. The first-order valence-electron chi connectivity index (χ1n) is 8.98. The Hall–Kier alpha value is -1.79. The quantitative estimate of drug-likeness (QED) is 0.388. The molecule has 1 aromatic carbocycles. The molecule has 0 saturated carbocycles. The van der Waals surface area contributed by atoms with Crippen LogP contribution >= 0.6 is 0 Å². The number of carbonyl (C=O) groups excluding carboxylic acids is 1. The van der Waals surface area contributed by atoms with Gasteiger partial charge in [0, 0.05) is 0 Å². The molecule has 2 rings (SSSR count). The maximum Gasteiger partial charge on any atom is 0.342 e. The molecule has 6 heteroatoms. The van der Waals surface area contributed by atoms with Crippen molar-refractivity contribution >= 4 is 5.97 Å². The van der Waals surface area contributed by atoms with Crippen molar-refractivity contribution in [2.45, 2.75) is 19.8 Å². The first-order valence-corrected chi connectivity index (χ1v) is 8.98. The summed E-state index contributed by atoms with van der Waals surface area (Å²) in [6.07, 6.45) is 1.94. The number of ether oxygens (including phenoxy) is 4. The van der Waals surface area contributed by atoms with E-state index in [0.29, 0.717) is 30.3 Å². The Morgan fingerprint density at radius 1 is 1.24 bits per heavy atom. The summed E-state index contributed by atoms with van der Waals surface area (Å²) >= 11 is 0. The maximum atomic E-state index is 12.5. The van der Waals surface area contributed by atoms with Crippen LogP contribution in [-0.2, 0) is 9.47 Å². The average molecular weight is 352 g/mol. The Labute approximate surface area is 150 Å². The highest BCUT2D eigenvalue weighted by Crippen LogP contribution is 2.31. The fourth-order valence-electron chi connectivity index (χ4n) is 2.75. The number of hydrogen-bond acceptors (Lipinski definition) is 5. The summed E-state index contributed by atoms with van der Waals surface area (Å²) in [6, 6.07) is 5.28. The highest BCUT2D eigenvalue weighted by atomic mass is 16.5. The molecule has 1 heterocycles. The summed E-state index contributed by atoms with van der Waals surface area (Å²) in [4.78, 5) is 12.5. The van der Waals surface area contributed by atoms with Crippen LogP contribution in [0.5, 0.6) is 11.5 Å². The first-order chi connectivity index (χ1) is 12.1. The minimum atomic E-state index is -0.370. The molecule has 0 aliphatic carbocycles. The molecule has 1 fully saturated rings. The van der Waals surface area contributed by atoms with Crippen molar-refractivity contribution < 1.29 is 28.2 Å². The second kappa shape index (κ2) is 9.63. The minimum absolute atomic E-state index is 0.370. The van der Waals surface area contributed by atoms with Crippen LogP contribution in [0.2, 0.25) is 0 Å². The standard InChI is InChI=1S/C19H30NO5/c1-4-5-12-24-18-16(7-6-8-17(18)22-3)19(21)25-15-11-20(2)9-13-23-14-10-20/h6-8H,4-5,9-15H2,1-3H3/q+1. The van der Waals surface area contributed by atoms with Crippen molar-refractivity contribution in [2.24, 2.45) is 0 Å². The van der Waals surface area contributed by atoms with Gasteiger partial charge in [0.05, 0.1) is 34.0 Å². The predicted octanol–water partition coefficient (Wildman–Crippen LogP) is 2.51. The lowest BCUT2D eigenvalue weighted by atomic mass is 10.2. The predicted molar refractivity (Wildman–Crippen MR) is 95.3 cm³/mol. The normalized spacial score (nSPS) is 16.3. The zero-order valence-corrected chi connectivity index (χ0v) is 15.6. The zero-order valence-electron chi connectivity index (χ0n) is 15.6. The Bertz CT molecular complexity index is 555. The fourth-order valence-corrected chi connectivity index (χ4v) is 2.75. The minimum Gasteiger partial charge on any atom is -0.493 e. The number of morpholine rings is 1. The summed E-state index contributed by atoms with van der Waals surface area (Å²) in [5.74, 6) is 0.651. The van der Waals surface area contributed by atoms with E-state index in [4.69, 9.17) is 18.9 Å². The molecule has 1 aliphatic heterocycles. The molecule has 0 atom stereocenters. The molecule has 0 aromatic heterocycles. The molecule has 1 saturated heterocycles. The molecule has 0 amide bonds. The van der Waals surface area contributed by atoms with Crippen molar-refractivity contribution in [3.05, 3.63) is 23.8 Å². The molecule has 0 radical (unpaired) electrons. The van der Waals surface area contributed by atoms with Gasteiger partial charge in [-0.25, -0.2) is 4.79 Å². The van der Waals surface area contributed by atoms with E-state index in [1.54, 1.807) is 25.3 Å². The molecular formula is C19H30NO5+. The lowest BCUT2D eigenvalue weighted by Crippen LogP contribution is -2.53. The zero-order chi connectivity index (χ0) is 18.1. The molecular weight excluding hydrogens is 322 g/mol. The number of unbranched alkanes of at least 4 members (excludes halogenated alkanes) is 1. The van der Waals surface area contributed by atoms with Crippen LogP contribution in [0.25, 0.3) is 0 Å². The van der Waals surface area contributed by atoms with Crippen molar-refractivity contribution in [3.8, 4) is 11.5 Å². The lowest BCUT2D eigenvalue weighted by molar-refractivity contribution is -0.917. The van der Waals surface area contributed by atoms with Crippen LogP contribution in [0, 0.1) is 0 Å². The number of hydrogen-bond donors (Lipinski definition) is 0. The van der Waals surface area contributed by atoms with Crippen LogP contribution in [-0.4, -0.2) is 70.7 Å². The largest absolute Gasteiger partial charge is 0.493 e. The first kappa shape index (κ1) is 19.5. The third-order valence-electron chi connectivity index (χ3n) is 4.58. The summed E-state index contributed by atoms with van der Waals surface area (Å²) < 4.78 is 22.9. The average Bonchev–Trinajstić information content (AvgIpc) is 2.62. The van der Waals surface area contributed by atoms with Gasteiger partial charge in [0.1, 0.15) is 31.8 Å². The maximum absolute atomic E-state index is 12.5. The van der Waals surface area contributed by atoms with Gasteiger partial charge >= 0.3 is 5.97 Å². The van der Waals surface area contributed by atoms with Gasteiger partial charge < -0.3 is 23.4 Å². The topological polar surface area (TPSA) is 54.0 Å². The number of carbonyl (C=O) groups is 1. The number of esters is 1. The molecule has 6 nitrogen and oxygen atoms in total. The van der Waals surface area contributed by atoms with Crippen molar-refractivity contribution in [1.29, 1.82) is 0 Å². The summed E-state index contributed by atoms with van der Waals surface area (Å²) in [6.45, 7) is 7.21. The Balaban J connectivity index is 1.97. The highest BCUT2D eigenvalue weighted by molar-refractivity contribution is 5.93. The van der Waals surface area contributed by atoms with E-state index in [-0.39, 0.29) is 5.97 Å². The Kier molecular flexibility index (Phi) is 7.52. The Morgan fingerprint density at radius 3 is 2.68 bits per heavy atom. The van der Waals surface area contributed by atoms with E-state index in [0.717, 1.165) is 50.2 Å². The summed E-state index contributed by atoms with van der Waals surface area (Å²) in [7, 11) is 3.74. The van der Waals surface area contributed by atoms with E-state index in [9.17, 15) is 4.79 Å². The van der Waals surface area contributed by atoms with E-state index in [1.165, 1.54) is 0 Å². The van der Waals surface area contributed by atoms with Gasteiger partial charge in [0.25, 0.3) is 0 Å². The summed E-state index contributed by atoms with van der Waals surface area (Å²) in [5, 5.41) is 0. The summed E-state index contributed by atoms with van der Waals surface area (Å²) in [5.41, 5.74) is 0.417. The number of rotatable bonds is 9. The third-order valence-corrected chi connectivity index (χ3v) is 4.58. The van der Waals surface area contributed by atoms with Crippen LogP contribution in [0.1, 0.15) is 30.1 Å². The van der Waals surface area contributed by atoms with Crippen molar-refractivity contribution in [3.63, 3.8) is 0 Å². The molecule has 0 spiro atoms. The Morgan fingerprint density at radius 2 is 2.00 bits per heavy atom. The van der Waals surface area contributed by atoms with Gasteiger partial charge in [-0.15, -0.1) is 0 Å². The van der Waals surface area contributed by atoms with Gasteiger partial charge in [0.15, 0.2) is 11.5 Å². The van der Waals surface area contributed by atoms with Gasteiger partial charge in [-0.05, 0) is 18.6 Å². The molecule has 0 N–H and O–H groups in total.